The molecule has 0 amide bonds. The number of nitrogens with one attached hydrogen (secondary N) is 3. The fourth-order valence-electron chi connectivity index (χ4n) is 2.69. The highest BCUT2D eigenvalue weighted by atomic mass is 127. The maximum atomic E-state index is 5.71. The number of aromatic amines is 1. The molecule has 0 saturated carbocycles. The molecular formula is C22H28IN5O. The number of aromatic nitrogens is 2. The second kappa shape index (κ2) is 12.8. The van der Waals surface area contributed by atoms with Crippen LogP contribution in [0.4, 0.5) is 0 Å². The van der Waals surface area contributed by atoms with Gasteiger partial charge in [-0.3, -0.25) is 0 Å². The van der Waals surface area contributed by atoms with E-state index in [0.29, 0.717) is 13.2 Å². The lowest BCUT2D eigenvalue weighted by Crippen LogP contribution is -2.38. The van der Waals surface area contributed by atoms with E-state index in [0.717, 1.165) is 48.3 Å². The topological polar surface area (TPSA) is 74.3 Å². The Morgan fingerprint density at radius 2 is 1.76 bits per heavy atom. The number of guanidine groups is 1. The Balaban J connectivity index is 0.00000300. The average Bonchev–Trinajstić information content (AvgIpc) is 3.22. The zero-order valence-corrected chi connectivity index (χ0v) is 18.9. The molecule has 0 aliphatic carbocycles. The minimum Gasteiger partial charge on any atom is -0.494 e. The number of ether oxygens (including phenoxy) is 1. The highest BCUT2D eigenvalue weighted by Crippen LogP contribution is 2.16. The van der Waals surface area contributed by atoms with Crippen LogP contribution in [0, 0.1) is 0 Å². The van der Waals surface area contributed by atoms with Crippen molar-refractivity contribution in [1.29, 1.82) is 0 Å². The van der Waals surface area contributed by atoms with E-state index in [4.69, 9.17) is 4.74 Å². The Hall–Kier alpha value is -2.55. The van der Waals surface area contributed by atoms with Crippen molar-refractivity contribution in [3.8, 4) is 17.0 Å². The molecule has 0 aliphatic rings. The van der Waals surface area contributed by atoms with Gasteiger partial charge in [-0.1, -0.05) is 48.5 Å². The van der Waals surface area contributed by atoms with Crippen LogP contribution in [0.3, 0.4) is 0 Å². The van der Waals surface area contributed by atoms with Crippen molar-refractivity contribution in [2.75, 3.05) is 19.7 Å². The van der Waals surface area contributed by atoms with E-state index in [1.54, 1.807) is 0 Å². The maximum absolute atomic E-state index is 5.71. The Labute approximate surface area is 189 Å². The summed E-state index contributed by atoms with van der Waals surface area (Å²) in [5.41, 5.74) is 2.12. The molecule has 29 heavy (non-hydrogen) atoms. The first-order valence-corrected chi connectivity index (χ1v) is 9.64. The molecule has 3 N–H and O–H groups in total. The molecule has 0 spiro atoms. The first-order chi connectivity index (χ1) is 13.8. The van der Waals surface area contributed by atoms with Gasteiger partial charge in [-0.2, -0.15) is 0 Å². The quantitative estimate of drug-likeness (QED) is 0.176. The largest absolute Gasteiger partial charge is 0.494 e. The molecule has 3 rings (SSSR count). The Morgan fingerprint density at radius 3 is 2.48 bits per heavy atom. The molecule has 0 bridgehead atoms. The second-order valence-corrected chi connectivity index (χ2v) is 6.25. The molecule has 0 unspecified atom stereocenters. The van der Waals surface area contributed by atoms with Gasteiger partial charge in [-0.25, -0.2) is 9.98 Å². The molecule has 154 valence electrons. The van der Waals surface area contributed by atoms with E-state index in [2.05, 4.69) is 44.7 Å². The predicted octanol–water partition coefficient (Wildman–Crippen LogP) is 4.22. The fourth-order valence-corrected chi connectivity index (χ4v) is 2.69. The van der Waals surface area contributed by atoms with Crippen LogP contribution in [0.1, 0.15) is 19.2 Å². The first-order valence-electron chi connectivity index (χ1n) is 9.64. The lowest BCUT2D eigenvalue weighted by molar-refractivity contribution is 0.311. The summed E-state index contributed by atoms with van der Waals surface area (Å²) < 4.78 is 5.71. The SMILES string of the molecule is CCNC(=NCc1ncc(-c2ccccc2)[nH]1)NCCCOc1ccccc1.I. The number of aliphatic imine (C=N–C) groups is 1. The summed E-state index contributed by atoms with van der Waals surface area (Å²) in [6.45, 7) is 4.79. The van der Waals surface area contributed by atoms with Gasteiger partial charge in [-0.15, -0.1) is 24.0 Å². The number of hydrogen-bond donors (Lipinski definition) is 3. The summed E-state index contributed by atoms with van der Waals surface area (Å²) in [5, 5.41) is 6.59. The first kappa shape index (κ1) is 22.7. The molecule has 0 saturated heterocycles. The molecule has 0 aliphatic heterocycles. The van der Waals surface area contributed by atoms with Gasteiger partial charge in [-0.05, 0) is 31.0 Å². The number of para-hydroxylation sites is 1. The van der Waals surface area contributed by atoms with Crippen LogP contribution in [0.15, 0.2) is 71.9 Å². The zero-order chi connectivity index (χ0) is 19.4. The number of halogens is 1. The van der Waals surface area contributed by atoms with Crippen molar-refractivity contribution < 1.29 is 4.74 Å². The van der Waals surface area contributed by atoms with Crippen molar-refractivity contribution >= 4 is 29.9 Å². The zero-order valence-electron chi connectivity index (χ0n) is 16.6. The molecule has 2 aromatic carbocycles. The van der Waals surface area contributed by atoms with Crippen LogP contribution >= 0.6 is 24.0 Å². The summed E-state index contributed by atoms with van der Waals surface area (Å²) in [7, 11) is 0. The van der Waals surface area contributed by atoms with Gasteiger partial charge in [0.15, 0.2) is 5.96 Å². The molecule has 0 radical (unpaired) electrons. The number of hydrogen-bond acceptors (Lipinski definition) is 3. The second-order valence-electron chi connectivity index (χ2n) is 6.25. The third kappa shape index (κ3) is 7.77. The molecular weight excluding hydrogens is 477 g/mol. The van der Waals surface area contributed by atoms with Crippen molar-refractivity contribution in [1.82, 2.24) is 20.6 Å². The van der Waals surface area contributed by atoms with E-state index in [9.17, 15) is 0 Å². The van der Waals surface area contributed by atoms with Crippen LogP contribution in [-0.4, -0.2) is 35.6 Å². The number of benzene rings is 2. The van der Waals surface area contributed by atoms with Gasteiger partial charge < -0.3 is 20.4 Å². The van der Waals surface area contributed by atoms with Gasteiger partial charge in [0.2, 0.25) is 0 Å². The monoisotopic (exact) mass is 505 g/mol. The van der Waals surface area contributed by atoms with Crippen molar-refractivity contribution in [2.45, 2.75) is 19.9 Å². The Kier molecular flexibility index (Phi) is 10.1. The minimum atomic E-state index is 0. The Morgan fingerprint density at radius 1 is 1.03 bits per heavy atom. The molecule has 0 atom stereocenters. The number of imidazole rings is 1. The molecule has 3 aromatic rings. The van der Waals surface area contributed by atoms with Crippen molar-refractivity contribution in [3.63, 3.8) is 0 Å². The third-order valence-corrected chi connectivity index (χ3v) is 4.07. The predicted molar refractivity (Wildman–Crippen MR) is 129 cm³/mol. The van der Waals surface area contributed by atoms with Crippen LogP contribution in [0.25, 0.3) is 11.3 Å². The van der Waals surface area contributed by atoms with Crippen molar-refractivity contribution in [3.05, 3.63) is 72.7 Å². The standard InChI is InChI=1S/C22H27N5O.HI/c1-2-23-22(24-14-9-15-28-19-12-7-4-8-13-19)26-17-21-25-16-20(27-21)18-10-5-3-6-11-18;/h3-8,10-13,16H,2,9,14-15,17H2,1H3,(H,25,27)(H2,23,24,26);1H. The maximum Gasteiger partial charge on any atom is 0.191 e. The van der Waals surface area contributed by atoms with Crippen molar-refractivity contribution in [2.24, 2.45) is 4.99 Å². The molecule has 7 heteroatoms. The van der Waals surface area contributed by atoms with Gasteiger partial charge in [0.05, 0.1) is 18.5 Å². The highest BCUT2D eigenvalue weighted by molar-refractivity contribution is 14.0. The molecule has 6 nitrogen and oxygen atoms in total. The van der Waals surface area contributed by atoms with Gasteiger partial charge in [0.25, 0.3) is 0 Å². The van der Waals surface area contributed by atoms with E-state index < -0.39 is 0 Å². The molecule has 0 fully saturated rings. The summed E-state index contributed by atoms with van der Waals surface area (Å²) >= 11 is 0. The van der Waals surface area contributed by atoms with E-state index >= 15 is 0 Å². The van der Waals surface area contributed by atoms with E-state index in [1.807, 2.05) is 54.7 Å². The smallest absolute Gasteiger partial charge is 0.191 e. The number of rotatable bonds is 9. The number of nitrogens with zero attached hydrogens (tertiary/aromatic N) is 2. The van der Waals surface area contributed by atoms with Crippen LogP contribution in [-0.2, 0) is 6.54 Å². The summed E-state index contributed by atoms with van der Waals surface area (Å²) in [6, 6.07) is 20.0. The van der Waals surface area contributed by atoms with Gasteiger partial charge in [0, 0.05) is 13.1 Å². The minimum absolute atomic E-state index is 0. The fraction of sp³-hybridized carbons (Fsp3) is 0.273. The third-order valence-electron chi connectivity index (χ3n) is 4.07. The average molecular weight is 505 g/mol. The van der Waals surface area contributed by atoms with Crippen LogP contribution < -0.4 is 15.4 Å². The Bertz CT molecular complexity index is 852. The lowest BCUT2D eigenvalue weighted by atomic mass is 10.2. The van der Waals surface area contributed by atoms with Crippen LogP contribution in [0.2, 0.25) is 0 Å². The number of H-pyrrole nitrogens is 1. The van der Waals surface area contributed by atoms with Crippen LogP contribution in [0.5, 0.6) is 5.75 Å². The summed E-state index contributed by atoms with van der Waals surface area (Å²) in [6.07, 6.45) is 2.74. The van der Waals surface area contributed by atoms with E-state index in [1.165, 1.54) is 0 Å². The molecule has 1 aromatic heterocycles. The lowest BCUT2D eigenvalue weighted by Gasteiger charge is -2.11. The summed E-state index contributed by atoms with van der Waals surface area (Å²) in [5.74, 6) is 2.51. The normalized spacial score (nSPS) is 10.9. The summed E-state index contributed by atoms with van der Waals surface area (Å²) in [4.78, 5) is 12.4. The van der Waals surface area contributed by atoms with Gasteiger partial charge >= 0.3 is 0 Å². The highest BCUT2D eigenvalue weighted by Gasteiger charge is 2.03. The molecule has 1 heterocycles. The van der Waals surface area contributed by atoms with Gasteiger partial charge in [0.1, 0.15) is 18.1 Å². The van der Waals surface area contributed by atoms with E-state index in [-0.39, 0.29) is 24.0 Å².